The van der Waals surface area contributed by atoms with Crippen molar-refractivity contribution in [1.82, 2.24) is 5.32 Å². The second-order valence-corrected chi connectivity index (χ2v) is 5.94. The van der Waals surface area contributed by atoms with Gasteiger partial charge in [0.25, 0.3) is 0 Å². The van der Waals surface area contributed by atoms with E-state index in [1.807, 2.05) is 26.0 Å². The van der Waals surface area contributed by atoms with Gasteiger partial charge in [-0.05, 0) is 43.5 Å². The van der Waals surface area contributed by atoms with E-state index in [1.165, 1.54) is 5.56 Å². The Labute approximate surface area is 106 Å². The molecule has 17 heavy (non-hydrogen) atoms. The molecule has 1 aromatic carbocycles. The molecule has 0 bridgehead atoms. The monoisotopic (exact) mass is 255 g/mol. The molecule has 3 nitrogen and oxygen atoms in total. The molecule has 96 valence electrons. The molecule has 0 radical (unpaired) electrons. The van der Waals surface area contributed by atoms with E-state index in [2.05, 4.69) is 5.32 Å². The number of rotatable bonds is 6. The number of nitrogens with one attached hydrogen (secondary N) is 1. The van der Waals surface area contributed by atoms with Crippen LogP contribution in [0.25, 0.3) is 0 Å². The van der Waals surface area contributed by atoms with Gasteiger partial charge in [0.15, 0.2) is 0 Å². The summed E-state index contributed by atoms with van der Waals surface area (Å²) in [5.41, 5.74) is 3.00. The fourth-order valence-corrected chi connectivity index (χ4v) is 2.33. The number of aromatic hydroxyl groups is 1. The molecule has 4 heteroatoms. The van der Waals surface area contributed by atoms with Crippen molar-refractivity contribution in [1.29, 1.82) is 0 Å². The van der Waals surface area contributed by atoms with Gasteiger partial charge in [0.1, 0.15) is 5.75 Å². The predicted molar refractivity (Wildman–Crippen MR) is 72.8 cm³/mol. The van der Waals surface area contributed by atoms with E-state index in [1.54, 1.807) is 6.26 Å². The number of phenolic OH excluding ortho intramolecular Hbond substituents is 1. The molecule has 0 saturated carbocycles. The Balaban J connectivity index is 2.39. The summed E-state index contributed by atoms with van der Waals surface area (Å²) in [6, 6.07) is 3.99. The topological polar surface area (TPSA) is 49.3 Å². The molecule has 1 rings (SSSR count). The molecule has 0 fully saturated rings. The summed E-state index contributed by atoms with van der Waals surface area (Å²) in [5.74, 6) is 1.14. The number of hydrogen-bond acceptors (Lipinski definition) is 3. The van der Waals surface area contributed by atoms with Crippen LogP contribution in [0.4, 0.5) is 0 Å². The molecule has 1 aromatic rings. The normalized spacial score (nSPS) is 12.6. The highest BCUT2D eigenvalue weighted by Crippen LogP contribution is 2.22. The largest absolute Gasteiger partial charge is 0.507 e. The average molecular weight is 255 g/mol. The first-order valence-corrected chi connectivity index (χ1v) is 7.53. The molecular formula is C13H21NO2S. The van der Waals surface area contributed by atoms with Crippen LogP contribution in [0.5, 0.6) is 5.75 Å². The summed E-state index contributed by atoms with van der Waals surface area (Å²) < 4.78 is 10.9. The summed E-state index contributed by atoms with van der Waals surface area (Å²) in [4.78, 5) is 0. The van der Waals surface area contributed by atoms with Gasteiger partial charge in [-0.25, -0.2) is 0 Å². The molecule has 1 unspecified atom stereocenters. The summed E-state index contributed by atoms with van der Waals surface area (Å²) in [5, 5.41) is 13.0. The quantitative estimate of drug-likeness (QED) is 0.763. The van der Waals surface area contributed by atoms with E-state index in [9.17, 15) is 9.32 Å². The molecule has 0 aliphatic carbocycles. The van der Waals surface area contributed by atoms with Gasteiger partial charge >= 0.3 is 0 Å². The van der Waals surface area contributed by atoms with Crippen molar-refractivity contribution in [3.05, 3.63) is 28.8 Å². The van der Waals surface area contributed by atoms with E-state index in [0.29, 0.717) is 5.75 Å². The Morgan fingerprint density at radius 2 is 1.88 bits per heavy atom. The highest BCUT2D eigenvalue weighted by Gasteiger charge is 2.02. The minimum Gasteiger partial charge on any atom is -0.507 e. The molecule has 0 heterocycles. The van der Waals surface area contributed by atoms with Gasteiger partial charge in [0.05, 0.1) is 0 Å². The third-order valence-corrected chi connectivity index (χ3v) is 3.53. The van der Waals surface area contributed by atoms with Crippen molar-refractivity contribution in [2.75, 3.05) is 18.6 Å². The van der Waals surface area contributed by atoms with E-state index >= 15 is 0 Å². The molecule has 0 aromatic heterocycles. The minimum atomic E-state index is -0.697. The maximum Gasteiger partial charge on any atom is 0.121 e. The molecule has 1 atom stereocenters. The maximum atomic E-state index is 10.9. The van der Waals surface area contributed by atoms with E-state index in [0.717, 1.165) is 36.4 Å². The van der Waals surface area contributed by atoms with Gasteiger partial charge in [0.2, 0.25) is 0 Å². The smallest absolute Gasteiger partial charge is 0.121 e. The summed E-state index contributed by atoms with van der Waals surface area (Å²) >= 11 is 0. The van der Waals surface area contributed by atoms with Crippen molar-refractivity contribution in [3.63, 3.8) is 0 Å². The van der Waals surface area contributed by atoms with Gasteiger partial charge in [-0.2, -0.15) is 0 Å². The van der Waals surface area contributed by atoms with Crippen LogP contribution in [0.15, 0.2) is 12.1 Å². The van der Waals surface area contributed by atoms with Crippen molar-refractivity contribution < 1.29 is 9.32 Å². The molecule has 0 spiro atoms. The van der Waals surface area contributed by atoms with Crippen LogP contribution in [0.2, 0.25) is 0 Å². The first-order valence-electron chi connectivity index (χ1n) is 5.80. The van der Waals surface area contributed by atoms with Gasteiger partial charge in [-0.15, -0.1) is 0 Å². The van der Waals surface area contributed by atoms with Crippen LogP contribution in [0.3, 0.4) is 0 Å². The maximum absolute atomic E-state index is 10.9. The lowest BCUT2D eigenvalue weighted by atomic mass is 10.1. The van der Waals surface area contributed by atoms with Crippen LogP contribution >= 0.6 is 0 Å². The third-order valence-electron chi connectivity index (χ3n) is 2.67. The summed E-state index contributed by atoms with van der Waals surface area (Å²) in [6.07, 6.45) is 2.66. The highest BCUT2D eigenvalue weighted by molar-refractivity contribution is 7.84. The number of aryl methyl sites for hydroxylation is 2. The Hall–Kier alpha value is -0.870. The zero-order valence-corrected chi connectivity index (χ0v) is 11.6. The van der Waals surface area contributed by atoms with E-state index in [4.69, 9.17) is 0 Å². The third kappa shape index (κ3) is 4.88. The van der Waals surface area contributed by atoms with Crippen molar-refractivity contribution >= 4 is 10.8 Å². The first kappa shape index (κ1) is 14.2. The van der Waals surface area contributed by atoms with Crippen LogP contribution in [-0.4, -0.2) is 27.9 Å². The van der Waals surface area contributed by atoms with Gasteiger partial charge in [-0.1, -0.05) is 12.1 Å². The lowest BCUT2D eigenvalue weighted by Gasteiger charge is -2.09. The minimum absolute atomic E-state index is 0.384. The predicted octanol–water partition coefficient (Wildman–Crippen LogP) is 1.87. The van der Waals surface area contributed by atoms with E-state index < -0.39 is 10.8 Å². The van der Waals surface area contributed by atoms with Crippen LogP contribution in [-0.2, 0) is 17.3 Å². The first-order chi connectivity index (χ1) is 8.00. The number of phenols is 1. The standard InChI is InChI=1S/C13H21NO2S/c1-10-7-12(8-11(2)13(10)15)9-14-5-4-6-17(3)16/h7-8,14-15H,4-6,9H2,1-3H3. The molecular weight excluding hydrogens is 234 g/mol. The average Bonchev–Trinajstić information content (AvgIpc) is 2.25. The Morgan fingerprint density at radius 3 is 2.41 bits per heavy atom. The Morgan fingerprint density at radius 1 is 1.29 bits per heavy atom. The van der Waals surface area contributed by atoms with E-state index in [-0.39, 0.29) is 0 Å². The van der Waals surface area contributed by atoms with Crippen LogP contribution < -0.4 is 5.32 Å². The molecule has 0 aliphatic rings. The molecule has 0 saturated heterocycles. The highest BCUT2D eigenvalue weighted by atomic mass is 32.2. The Bertz CT molecular complexity index is 381. The summed E-state index contributed by atoms with van der Waals surface area (Å²) in [7, 11) is -0.697. The molecule has 2 N–H and O–H groups in total. The van der Waals surface area contributed by atoms with Crippen LogP contribution in [0, 0.1) is 13.8 Å². The lowest BCUT2D eigenvalue weighted by molar-refractivity contribution is 0.466. The zero-order valence-electron chi connectivity index (χ0n) is 10.7. The second kappa shape index (κ2) is 6.77. The molecule has 0 aliphatic heterocycles. The Kier molecular flexibility index (Phi) is 5.65. The van der Waals surface area contributed by atoms with Crippen molar-refractivity contribution in [3.8, 4) is 5.75 Å². The van der Waals surface area contributed by atoms with Gasteiger partial charge in [0, 0.05) is 29.4 Å². The van der Waals surface area contributed by atoms with Crippen molar-refractivity contribution in [2.45, 2.75) is 26.8 Å². The number of hydrogen-bond donors (Lipinski definition) is 2. The SMILES string of the molecule is Cc1cc(CNCCCS(C)=O)cc(C)c1O. The van der Waals surface area contributed by atoms with Gasteiger partial charge in [-0.3, -0.25) is 4.21 Å². The zero-order chi connectivity index (χ0) is 12.8. The van der Waals surface area contributed by atoms with Gasteiger partial charge < -0.3 is 10.4 Å². The summed E-state index contributed by atoms with van der Waals surface area (Å²) in [6.45, 7) is 5.48. The molecule has 0 amide bonds. The number of benzene rings is 1. The van der Waals surface area contributed by atoms with Crippen molar-refractivity contribution in [2.24, 2.45) is 0 Å². The fraction of sp³-hybridized carbons (Fsp3) is 0.538. The van der Waals surface area contributed by atoms with Crippen LogP contribution in [0.1, 0.15) is 23.1 Å². The fourth-order valence-electron chi connectivity index (χ4n) is 1.78. The second-order valence-electron chi connectivity index (χ2n) is 4.39. The lowest BCUT2D eigenvalue weighted by Crippen LogP contribution is -2.16.